The largest absolute Gasteiger partial charge is 0.496 e. The van der Waals surface area contributed by atoms with E-state index in [9.17, 15) is 4.79 Å². The van der Waals surface area contributed by atoms with Gasteiger partial charge in [0.2, 0.25) is 0 Å². The monoisotopic (exact) mass is 486 g/mol. The van der Waals surface area contributed by atoms with Crippen molar-refractivity contribution in [3.63, 3.8) is 0 Å². The maximum Gasteiger partial charge on any atom is 0.163 e. The Balaban J connectivity index is 1.64. The summed E-state index contributed by atoms with van der Waals surface area (Å²) in [6.45, 7) is 1.94. The Kier molecular flexibility index (Phi) is 7.71. The van der Waals surface area contributed by atoms with Crippen LogP contribution in [0.15, 0.2) is 71.4 Å². The molecule has 1 atom stereocenters. The van der Waals surface area contributed by atoms with Gasteiger partial charge in [-0.05, 0) is 54.3 Å². The maximum atomic E-state index is 13.0. The first-order chi connectivity index (χ1) is 17.4. The smallest absolute Gasteiger partial charge is 0.163 e. The summed E-state index contributed by atoms with van der Waals surface area (Å²) in [7, 11) is 4.79. The molecule has 0 aliphatic carbocycles. The average Bonchev–Trinajstić information content (AvgIpc) is 3.38. The van der Waals surface area contributed by atoms with E-state index < -0.39 is 6.04 Å². The van der Waals surface area contributed by atoms with Crippen LogP contribution in [0.5, 0.6) is 17.2 Å². The quantitative estimate of drug-likeness (QED) is 0.336. The van der Waals surface area contributed by atoms with Crippen molar-refractivity contribution in [2.24, 2.45) is 5.73 Å². The van der Waals surface area contributed by atoms with Crippen LogP contribution in [0.4, 0.5) is 0 Å². The highest BCUT2D eigenvalue weighted by molar-refractivity contribution is 5.88. The molecule has 3 aromatic carbocycles. The van der Waals surface area contributed by atoms with E-state index in [1.165, 1.54) is 0 Å². The number of methoxy groups -OCH3 is 3. The highest BCUT2D eigenvalue weighted by atomic mass is 16.5. The molecule has 4 aromatic rings. The Hall–Kier alpha value is -4.10. The number of Topliss-reactive ketones (excluding diaryl/α,β-unsaturated/α-hetero) is 1. The van der Waals surface area contributed by atoms with Crippen LogP contribution in [-0.4, -0.2) is 38.3 Å². The molecule has 7 nitrogen and oxygen atoms in total. The number of aryl methyl sites for hydroxylation is 1. The molecule has 0 aliphatic heterocycles. The number of ketones is 1. The van der Waals surface area contributed by atoms with Gasteiger partial charge in [-0.1, -0.05) is 41.6 Å². The van der Waals surface area contributed by atoms with Crippen LogP contribution in [0.3, 0.4) is 0 Å². The zero-order valence-electron chi connectivity index (χ0n) is 20.9. The molecule has 0 bridgehead atoms. The highest BCUT2D eigenvalue weighted by Crippen LogP contribution is 2.39. The van der Waals surface area contributed by atoms with Crippen LogP contribution in [0, 0.1) is 6.92 Å². The van der Waals surface area contributed by atoms with Crippen molar-refractivity contribution in [2.45, 2.75) is 25.8 Å². The molecule has 0 saturated carbocycles. The van der Waals surface area contributed by atoms with Gasteiger partial charge in [0.05, 0.1) is 27.4 Å². The molecule has 0 spiro atoms. The van der Waals surface area contributed by atoms with E-state index in [0.29, 0.717) is 29.4 Å². The van der Waals surface area contributed by atoms with Crippen LogP contribution in [0.25, 0.3) is 22.4 Å². The van der Waals surface area contributed by atoms with Crippen molar-refractivity contribution in [1.29, 1.82) is 0 Å². The number of carbonyl (C=O) groups excluding carboxylic acids is 1. The van der Waals surface area contributed by atoms with Crippen LogP contribution >= 0.6 is 0 Å². The van der Waals surface area contributed by atoms with E-state index in [2.05, 4.69) is 5.16 Å². The summed E-state index contributed by atoms with van der Waals surface area (Å²) >= 11 is 0. The summed E-state index contributed by atoms with van der Waals surface area (Å²) in [5.41, 5.74) is 12.0. The van der Waals surface area contributed by atoms with Gasteiger partial charge in [-0.2, -0.15) is 0 Å². The molecule has 0 radical (unpaired) electrons. The first-order valence-electron chi connectivity index (χ1n) is 11.6. The standard InChI is InChI=1S/C29H30N2O5/c1-18-12-22(16-27(34-3)29(18)35-4)28-23(17-36-31-28)20-10-11-26(33-2)21(14-20)15-25(32)24(30)13-19-8-6-5-7-9-19/h5-12,14,16-17,24H,13,15,30H2,1-4H3. The first-order valence-corrected chi connectivity index (χ1v) is 11.6. The minimum atomic E-state index is -0.610. The van der Waals surface area contributed by atoms with E-state index in [1.54, 1.807) is 27.6 Å². The second-order valence-corrected chi connectivity index (χ2v) is 8.57. The molecular formula is C29H30N2O5. The molecule has 1 aromatic heterocycles. The number of aromatic nitrogens is 1. The second kappa shape index (κ2) is 11.1. The van der Waals surface area contributed by atoms with Gasteiger partial charge >= 0.3 is 0 Å². The van der Waals surface area contributed by atoms with Crippen LogP contribution in [0.1, 0.15) is 16.7 Å². The van der Waals surface area contributed by atoms with Gasteiger partial charge in [0.1, 0.15) is 17.7 Å². The van der Waals surface area contributed by atoms with E-state index >= 15 is 0 Å². The summed E-state index contributed by atoms with van der Waals surface area (Å²) in [5, 5.41) is 4.25. The van der Waals surface area contributed by atoms with Crippen molar-refractivity contribution >= 4 is 5.78 Å². The van der Waals surface area contributed by atoms with Gasteiger partial charge in [0.25, 0.3) is 0 Å². The lowest BCUT2D eigenvalue weighted by atomic mass is 9.94. The minimum absolute atomic E-state index is 0.0599. The van der Waals surface area contributed by atoms with Gasteiger partial charge in [-0.15, -0.1) is 0 Å². The molecule has 1 unspecified atom stereocenters. The van der Waals surface area contributed by atoms with Gasteiger partial charge in [0.15, 0.2) is 17.3 Å². The Labute approximate surface area is 210 Å². The van der Waals surface area contributed by atoms with E-state index in [4.69, 9.17) is 24.5 Å². The van der Waals surface area contributed by atoms with Crippen LogP contribution in [0.2, 0.25) is 0 Å². The van der Waals surface area contributed by atoms with Gasteiger partial charge < -0.3 is 24.5 Å². The predicted molar refractivity (Wildman–Crippen MR) is 139 cm³/mol. The van der Waals surface area contributed by atoms with Crippen molar-refractivity contribution in [1.82, 2.24) is 5.16 Å². The topological polar surface area (TPSA) is 96.8 Å². The Morgan fingerprint density at radius 3 is 2.39 bits per heavy atom. The highest BCUT2D eigenvalue weighted by Gasteiger charge is 2.20. The lowest BCUT2D eigenvalue weighted by Crippen LogP contribution is -2.34. The first kappa shape index (κ1) is 25.0. The molecule has 7 heteroatoms. The summed E-state index contributed by atoms with van der Waals surface area (Å²) in [6.07, 6.45) is 2.23. The van der Waals surface area contributed by atoms with Crippen LogP contribution in [-0.2, 0) is 17.6 Å². The molecular weight excluding hydrogens is 456 g/mol. The number of hydrogen-bond donors (Lipinski definition) is 1. The van der Waals surface area contributed by atoms with Gasteiger partial charge in [-0.25, -0.2) is 0 Å². The van der Waals surface area contributed by atoms with Gasteiger partial charge in [0, 0.05) is 23.1 Å². The molecule has 0 aliphatic rings. The summed E-state index contributed by atoms with van der Waals surface area (Å²) in [6, 6.07) is 18.7. The third-order valence-electron chi connectivity index (χ3n) is 6.18. The summed E-state index contributed by atoms with van der Waals surface area (Å²) in [5.74, 6) is 1.84. The normalized spacial score (nSPS) is 11.7. The third-order valence-corrected chi connectivity index (χ3v) is 6.18. The minimum Gasteiger partial charge on any atom is -0.496 e. The zero-order chi connectivity index (χ0) is 25.7. The molecule has 4 rings (SSSR count). The van der Waals surface area contributed by atoms with Gasteiger partial charge in [-0.3, -0.25) is 4.79 Å². The van der Waals surface area contributed by atoms with E-state index in [-0.39, 0.29) is 12.2 Å². The number of hydrogen-bond acceptors (Lipinski definition) is 7. The fraction of sp³-hybridized carbons (Fsp3) is 0.241. The number of rotatable bonds is 10. The molecule has 0 fully saturated rings. The average molecular weight is 487 g/mol. The Bertz CT molecular complexity index is 1350. The lowest BCUT2D eigenvalue weighted by molar-refractivity contribution is -0.119. The summed E-state index contributed by atoms with van der Waals surface area (Å²) in [4.78, 5) is 13.0. The number of nitrogens with zero attached hydrogens (tertiary/aromatic N) is 1. The van der Waals surface area contributed by atoms with Crippen molar-refractivity contribution in [2.75, 3.05) is 21.3 Å². The van der Waals surface area contributed by atoms with Crippen molar-refractivity contribution in [3.8, 4) is 39.6 Å². The fourth-order valence-corrected chi connectivity index (χ4v) is 4.33. The lowest BCUT2D eigenvalue weighted by Gasteiger charge is -2.14. The Morgan fingerprint density at radius 2 is 1.69 bits per heavy atom. The molecule has 0 saturated heterocycles. The zero-order valence-corrected chi connectivity index (χ0v) is 20.9. The number of ether oxygens (including phenoxy) is 3. The van der Waals surface area contributed by atoms with Crippen LogP contribution < -0.4 is 19.9 Å². The molecule has 0 amide bonds. The third kappa shape index (κ3) is 5.26. The second-order valence-electron chi connectivity index (χ2n) is 8.57. The number of benzene rings is 3. The molecule has 2 N–H and O–H groups in total. The van der Waals surface area contributed by atoms with Crippen molar-refractivity contribution < 1.29 is 23.5 Å². The molecule has 186 valence electrons. The fourth-order valence-electron chi connectivity index (χ4n) is 4.33. The summed E-state index contributed by atoms with van der Waals surface area (Å²) < 4.78 is 21.9. The molecule has 1 heterocycles. The SMILES string of the molecule is COc1ccc(-c2conc2-c2cc(C)c(OC)c(OC)c2)cc1CC(=O)C(N)Cc1ccccc1. The molecule has 36 heavy (non-hydrogen) atoms. The number of carbonyl (C=O) groups is 1. The van der Waals surface area contributed by atoms with E-state index in [1.807, 2.05) is 67.6 Å². The Morgan fingerprint density at radius 1 is 0.944 bits per heavy atom. The van der Waals surface area contributed by atoms with E-state index in [0.717, 1.165) is 33.4 Å². The maximum absolute atomic E-state index is 13.0. The van der Waals surface area contributed by atoms with Crippen molar-refractivity contribution in [3.05, 3.63) is 83.6 Å². The predicted octanol–water partition coefficient (Wildman–Crippen LogP) is 5.02. The number of nitrogens with two attached hydrogens (primary N) is 1.